The Bertz CT molecular complexity index is 477. The molecule has 5 heteroatoms. The average molecular weight is 442 g/mol. The first-order valence-corrected chi connectivity index (χ1v) is 13.1. The maximum Gasteiger partial charge on any atom is 0.222 e. The van der Waals surface area contributed by atoms with E-state index in [0.717, 1.165) is 49.5 Å². The third-order valence-electron chi connectivity index (χ3n) is 7.81. The molecule has 1 N–H and O–H groups in total. The fourth-order valence-corrected chi connectivity index (χ4v) is 6.83. The van der Waals surface area contributed by atoms with Gasteiger partial charge in [-0.05, 0) is 87.4 Å². The molecule has 0 aliphatic heterocycles. The summed E-state index contributed by atoms with van der Waals surface area (Å²) in [5.41, 5.74) is 0.580. The van der Waals surface area contributed by atoms with Crippen molar-refractivity contribution in [2.75, 3.05) is 38.9 Å². The number of carbonyl (C=O) groups is 1. The van der Waals surface area contributed by atoms with Crippen LogP contribution < -0.4 is 5.32 Å². The number of alkyl halides is 1. The highest BCUT2D eigenvalue weighted by atomic mass is 35.5. The van der Waals surface area contributed by atoms with Crippen LogP contribution in [-0.2, 0) is 14.3 Å². The monoisotopic (exact) mass is 441 g/mol. The number of rotatable bonds is 16. The number of amides is 1. The number of unbranched alkanes of at least 4 members (excludes halogenated alkanes) is 3. The molecular weight excluding hydrogens is 398 g/mol. The summed E-state index contributed by atoms with van der Waals surface area (Å²) in [6.45, 7) is 5.27. The molecule has 4 nitrogen and oxygen atoms in total. The summed E-state index contributed by atoms with van der Waals surface area (Å²) >= 11 is 5.66. The molecule has 4 rings (SSSR count). The molecule has 4 saturated carbocycles. The van der Waals surface area contributed by atoms with Gasteiger partial charge in [-0.3, -0.25) is 4.79 Å². The van der Waals surface area contributed by atoms with Crippen molar-refractivity contribution in [3.63, 3.8) is 0 Å². The standard InChI is InChI=1S/C25H44ClNO3/c1-20(6-7-25-17-21-14-22(18-25)16-23(15-21)19-25)24(28)27-9-11-30-13-12-29-10-5-3-2-4-8-26/h20-23H,2-19H2,1H3,(H,27,28)/t20-,21?,22?,23?,25?/m1/s1. The summed E-state index contributed by atoms with van der Waals surface area (Å²) < 4.78 is 11.1. The molecule has 0 unspecified atom stereocenters. The topological polar surface area (TPSA) is 47.6 Å². The minimum Gasteiger partial charge on any atom is -0.379 e. The molecule has 0 saturated heterocycles. The highest BCUT2D eigenvalue weighted by Crippen LogP contribution is 2.61. The van der Waals surface area contributed by atoms with Gasteiger partial charge in [0.2, 0.25) is 5.91 Å². The predicted molar refractivity (Wildman–Crippen MR) is 123 cm³/mol. The van der Waals surface area contributed by atoms with Crippen molar-refractivity contribution in [2.45, 2.75) is 84.0 Å². The fraction of sp³-hybridized carbons (Fsp3) is 0.960. The summed E-state index contributed by atoms with van der Waals surface area (Å²) in [7, 11) is 0. The van der Waals surface area contributed by atoms with Crippen LogP contribution in [0.25, 0.3) is 0 Å². The number of ether oxygens (including phenoxy) is 2. The lowest BCUT2D eigenvalue weighted by atomic mass is 9.48. The molecule has 1 amide bonds. The van der Waals surface area contributed by atoms with Gasteiger partial charge in [0.15, 0.2) is 0 Å². The first kappa shape index (κ1) is 24.3. The van der Waals surface area contributed by atoms with Crippen LogP contribution in [0.4, 0.5) is 0 Å². The van der Waals surface area contributed by atoms with Crippen LogP contribution in [0.15, 0.2) is 0 Å². The zero-order valence-electron chi connectivity index (χ0n) is 19.1. The number of hydrogen-bond acceptors (Lipinski definition) is 3. The van der Waals surface area contributed by atoms with E-state index < -0.39 is 0 Å². The molecule has 174 valence electrons. The van der Waals surface area contributed by atoms with Gasteiger partial charge < -0.3 is 14.8 Å². The lowest BCUT2D eigenvalue weighted by molar-refractivity contribution is -0.125. The number of hydrogen-bond donors (Lipinski definition) is 1. The normalized spacial score (nSPS) is 30.5. The third kappa shape index (κ3) is 7.67. The van der Waals surface area contributed by atoms with Crippen LogP contribution in [-0.4, -0.2) is 44.8 Å². The SMILES string of the molecule is C[C@H](CCC12CC3CC(CC(C3)C1)C2)C(=O)NCCOCCOCCCCCCCl. The van der Waals surface area contributed by atoms with Gasteiger partial charge in [-0.1, -0.05) is 19.8 Å². The van der Waals surface area contributed by atoms with Gasteiger partial charge in [0.05, 0.1) is 19.8 Å². The molecule has 30 heavy (non-hydrogen) atoms. The molecule has 0 radical (unpaired) electrons. The Balaban J connectivity index is 1.17. The molecule has 4 aliphatic carbocycles. The highest BCUT2D eigenvalue weighted by molar-refractivity contribution is 6.17. The number of nitrogens with one attached hydrogen (secondary N) is 1. The summed E-state index contributed by atoms with van der Waals surface area (Å²) in [6, 6.07) is 0. The second-order valence-electron chi connectivity index (χ2n) is 10.5. The van der Waals surface area contributed by atoms with Gasteiger partial charge in [-0.15, -0.1) is 11.6 Å². The molecule has 4 bridgehead atoms. The highest BCUT2D eigenvalue weighted by Gasteiger charge is 2.50. The lowest BCUT2D eigenvalue weighted by Gasteiger charge is -2.57. The van der Waals surface area contributed by atoms with E-state index in [2.05, 4.69) is 12.2 Å². The van der Waals surface area contributed by atoms with Crippen molar-refractivity contribution < 1.29 is 14.3 Å². The maximum absolute atomic E-state index is 12.4. The first-order chi connectivity index (χ1) is 14.6. The van der Waals surface area contributed by atoms with Crippen LogP contribution in [0.1, 0.15) is 84.0 Å². The Morgan fingerprint density at radius 3 is 2.17 bits per heavy atom. The van der Waals surface area contributed by atoms with Gasteiger partial charge in [0.25, 0.3) is 0 Å². The van der Waals surface area contributed by atoms with E-state index in [9.17, 15) is 4.79 Å². The van der Waals surface area contributed by atoms with Gasteiger partial charge in [0.1, 0.15) is 0 Å². The van der Waals surface area contributed by atoms with Gasteiger partial charge in [0, 0.05) is 24.9 Å². The molecule has 0 spiro atoms. The minimum atomic E-state index is 0.111. The zero-order chi connectivity index (χ0) is 21.2. The van der Waals surface area contributed by atoms with Crippen LogP contribution >= 0.6 is 11.6 Å². The van der Waals surface area contributed by atoms with Crippen molar-refractivity contribution in [3.05, 3.63) is 0 Å². The molecule has 1 atom stereocenters. The molecule has 0 aromatic rings. The predicted octanol–water partition coefficient (Wildman–Crippen LogP) is 5.57. The van der Waals surface area contributed by atoms with Gasteiger partial charge in [-0.25, -0.2) is 0 Å². The Morgan fingerprint density at radius 2 is 1.53 bits per heavy atom. The Morgan fingerprint density at radius 1 is 0.933 bits per heavy atom. The van der Waals surface area contributed by atoms with Crippen molar-refractivity contribution >= 4 is 17.5 Å². The average Bonchev–Trinajstić information content (AvgIpc) is 2.71. The third-order valence-corrected chi connectivity index (χ3v) is 8.08. The van der Waals surface area contributed by atoms with E-state index in [1.165, 1.54) is 57.8 Å². The van der Waals surface area contributed by atoms with Crippen LogP contribution in [0.5, 0.6) is 0 Å². The molecular formula is C25H44ClNO3. The van der Waals surface area contributed by atoms with Crippen molar-refractivity contribution in [2.24, 2.45) is 29.1 Å². The molecule has 4 fully saturated rings. The van der Waals surface area contributed by atoms with Crippen LogP contribution in [0.3, 0.4) is 0 Å². The van der Waals surface area contributed by atoms with Crippen LogP contribution in [0, 0.1) is 29.1 Å². The van der Waals surface area contributed by atoms with Gasteiger partial charge in [-0.2, -0.15) is 0 Å². The Hall–Kier alpha value is -0.320. The molecule has 4 aliphatic rings. The molecule has 0 aromatic carbocycles. The number of carbonyl (C=O) groups excluding carboxylic acids is 1. The van der Waals surface area contributed by atoms with Crippen molar-refractivity contribution in [1.29, 1.82) is 0 Å². The van der Waals surface area contributed by atoms with Crippen molar-refractivity contribution in [1.82, 2.24) is 5.32 Å². The molecule has 0 heterocycles. The first-order valence-electron chi connectivity index (χ1n) is 12.6. The van der Waals surface area contributed by atoms with Crippen LogP contribution in [0.2, 0.25) is 0 Å². The summed E-state index contributed by atoms with van der Waals surface area (Å²) in [4.78, 5) is 12.4. The van der Waals surface area contributed by atoms with E-state index in [1.807, 2.05) is 0 Å². The second kappa shape index (κ2) is 12.6. The smallest absolute Gasteiger partial charge is 0.222 e. The van der Waals surface area contributed by atoms with Gasteiger partial charge >= 0.3 is 0 Å². The minimum absolute atomic E-state index is 0.111. The quantitative estimate of drug-likeness (QED) is 0.251. The van der Waals surface area contributed by atoms with E-state index in [4.69, 9.17) is 21.1 Å². The van der Waals surface area contributed by atoms with E-state index in [-0.39, 0.29) is 11.8 Å². The largest absolute Gasteiger partial charge is 0.379 e. The second-order valence-corrected chi connectivity index (χ2v) is 10.9. The molecule has 0 aromatic heterocycles. The lowest BCUT2D eigenvalue weighted by Crippen LogP contribution is -2.46. The Kier molecular flexibility index (Phi) is 10.3. The van der Waals surface area contributed by atoms with E-state index in [1.54, 1.807) is 0 Å². The summed E-state index contributed by atoms with van der Waals surface area (Å²) in [6.07, 6.45) is 15.7. The number of halogens is 1. The van der Waals surface area contributed by atoms with E-state index >= 15 is 0 Å². The summed E-state index contributed by atoms with van der Waals surface area (Å²) in [5, 5.41) is 3.06. The Labute approximate surface area is 189 Å². The zero-order valence-corrected chi connectivity index (χ0v) is 19.9. The maximum atomic E-state index is 12.4. The van der Waals surface area contributed by atoms with Crippen molar-refractivity contribution in [3.8, 4) is 0 Å². The van der Waals surface area contributed by atoms with E-state index in [0.29, 0.717) is 31.8 Å². The summed E-state index contributed by atoms with van der Waals surface area (Å²) in [5.74, 6) is 4.05. The fourth-order valence-electron chi connectivity index (χ4n) is 6.64.